The first-order valence-electron chi connectivity index (χ1n) is 16.0. The van der Waals surface area contributed by atoms with Gasteiger partial charge in [0.15, 0.2) is 0 Å². The quantitative estimate of drug-likeness (QED) is 0.180. The lowest BCUT2D eigenvalue weighted by molar-refractivity contribution is -0.160. The fourth-order valence-electron chi connectivity index (χ4n) is 4.49. The zero-order chi connectivity index (χ0) is 35.2. The minimum atomic E-state index is -1.17. The Morgan fingerprint density at radius 2 is 1.17 bits per heavy atom. The molecule has 0 radical (unpaired) electrons. The number of hydrogen-bond acceptors (Lipinski definition) is 8. The van der Waals surface area contributed by atoms with Crippen molar-refractivity contribution in [1.29, 1.82) is 0 Å². The van der Waals surface area contributed by atoms with Gasteiger partial charge in [-0.2, -0.15) is 0 Å². The van der Waals surface area contributed by atoms with Crippen molar-refractivity contribution in [1.82, 2.24) is 16.0 Å². The summed E-state index contributed by atoms with van der Waals surface area (Å²) in [6.45, 7) is 14.1. The Bertz CT molecular complexity index is 1320. The number of benzene rings is 2. The molecule has 3 amide bonds. The highest BCUT2D eigenvalue weighted by Crippen LogP contribution is 2.15. The predicted molar refractivity (Wildman–Crippen MR) is 178 cm³/mol. The van der Waals surface area contributed by atoms with Gasteiger partial charge < -0.3 is 30.2 Å². The first kappa shape index (κ1) is 38.8. The van der Waals surface area contributed by atoms with Crippen molar-refractivity contribution >= 4 is 29.8 Å². The standard InChI is InChI=1S/C36H51N3O8/c1-24(2)21-28(31(41)37-27(33(43)47-36(6,7)8)19-20-30(40)46-35(3,4)5)38-32(42)29(22-25-15-11-9-12-16-25)39-34(44)45-23-26-17-13-10-14-18-26/h9-18,24,27-29H,19-23H2,1-8H3,(H,37,41)(H,38,42)(H,39,44)/t27-,28-,29+/m0/s1. The number of nitrogens with one attached hydrogen (secondary N) is 3. The van der Waals surface area contributed by atoms with Crippen molar-refractivity contribution < 1.29 is 38.2 Å². The second kappa shape index (κ2) is 18.1. The summed E-state index contributed by atoms with van der Waals surface area (Å²) >= 11 is 0. The van der Waals surface area contributed by atoms with Gasteiger partial charge in [-0.05, 0) is 71.4 Å². The molecule has 0 bridgehead atoms. The van der Waals surface area contributed by atoms with Gasteiger partial charge in [-0.1, -0.05) is 74.5 Å². The maximum Gasteiger partial charge on any atom is 0.408 e. The molecule has 3 atom stereocenters. The summed E-state index contributed by atoms with van der Waals surface area (Å²) in [4.78, 5) is 65.7. The zero-order valence-electron chi connectivity index (χ0n) is 28.9. The molecule has 0 saturated carbocycles. The summed E-state index contributed by atoms with van der Waals surface area (Å²) < 4.78 is 16.3. The number of rotatable bonds is 15. The van der Waals surface area contributed by atoms with Gasteiger partial charge in [-0.15, -0.1) is 0 Å². The third-order valence-electron chi connectivity index (χ3n) is 6.51. The highest BCUT2D eigenvalue weighted by Gasteiger charge is 2.33. The lowest BCUT2D eigenvalue weighted by Gasteiger charge is -2.28. The van der Waals surface area contributed by atoms with E-state index in [4.69, 9.17) is 14.2 Å². The van der Waals surface area contributed by atoms with E-state index in [-0.39, 0.29) is 38.2 Å². The van der Waals surface area contributed by atoms with Gasteiger partial charge in [0.05, 0.1) is 0 Å². The van der Waals surface area contributed by atoms with Crippen molar-refractivity contribution in [2.75, 3.05) is 0 Å². The van der Waals surface area contributed by atoms with Crippen molar-refractivity contribution in [3.63, 3.8) is 0 Å². The zero-order valence-corrected chi connectivity index (χ0v) is 28.9. The Kier molecular flexibility index (Phi) is 14.9. The number of hydrogen-bond donors (Lipinski definition) is 3. The SMILES string of the molecule is CC(C)C[C@H](NC(=O)[C@@H](Cc1ccccc1)NC(=O)OCc1ccccc1)C(=O)N[C@@H](CCC(=O)OC(C)(C)C)C(=O)OC(C)(C)C. The van der Waals surface area contributed by atoms with Gasteiger partial charge in [0.2, 0.25) is 11.8 Å². The van der Waals surface area contributed by atoms with Crippen LogP contribution < -0.4 is 16.0 Å². The molecule has 0 aliphatic rings. The van der Waals surface area contributed by atoms with E-state index in [0.29, 0.717) is 0 Å². The minimum absolute atomic E-state index is 0.0140. The molecule has 258 valence electrons. The summed E-state index contributed by atoms with van der Waals surface area (Å²) in [5.41, 5.74) is 0.00921. The van der Waals surface area contributed by atoms with Crippen LogP contribution in [0, 0.1) is 5.92 Å². The number of esters is 2. The van der Waals surface area contributed by atoms with E-state index in [1.807, 2.05) is 74.5 Å². The van der Waals surface area contributed by atoms with Crippen LogP contribution in [-0.2, 0) is 46.4 Å². The lowest BCUT2D eigenvalue weighted by Crippen LogP contribution is -2.57. The van der Waals surface area contributed by atoms with Crippen molar-refractivity contribution in [3.05, 3.63) is 71.8 Å². The van der Waals surface area contributed by atoms with Gasteiger partial charge in [0, 0.05) is 12.8 Å². The summed E-state index contributed by atoms with van der Waals surface area (Å²) in [6.07, 6.45) is -0.622. The van der Waals surface area contributed by atoms with E-state index < -0.39 is 59.2 Å². The highest BCUT2D eigenvalue weighted by atomic mass is 16.6. The number of carbonyl (C=O) groups is 5. The molecule has 11 heteroatoms. The van der Waals surface area contributed by atoms with Crippen LogP contribution in [0.5, 0.6) is 0 Å². The molecule has 0 fully saturated rings. The largest absolute Gasteiger partial charge is 0.460 e. The second-order valence-electron chi connectivity index (χ2n) is 13.9. The van der Waals surface area contributed by atoms with Crippen LogP contribution in [0.25, 0.3) is 0 Å². The molecule has 0 unspecified atom stereocenters. The topological polar surface area (TPSA) is 149 Å². The molecule has 0 aromatic heterocycles. The molecule has 3 N–H and O–H groups in total. The van der Waals surface area contributed by atoms with Gasteiger partial charge in [0.1, 0.15) is 35.9 Å². The summed E-state index contributed by atoms with van der Waals surface area (Å²) in [6, 6.07) is 15.0. The van der Waals surface area contributed by atoms with Crippen LogP contribution in [0.3, 0.4) is 0 Å². The van der Waals surface area contributed by atoms with Crippen molar-refractivity contribution in [2.24, 2.45) is 5.92 Å². The lowest BCUT2D eigenvalue weighted by atomic mass is 10.0. The van der Waals surface area contributed by atoms with E-state index >= 15 is 0 Å². The first-order chi connectivity index (χ1) is 21.9. The third-order valence-corrected chi connectivity index (χ3v) is 6.51. The van der Waals surface area contributed by atoms with Crippen molar-refractivity contribution in [2.45, 2.75) is 117 Å². The molecule has 11 nitrogen and oxygen atoms in total. The Balaban J connectivity index is 2.23. The number of alkyl carbamates (subject to hydrolysis) is 1. The average Bonchev–Trinajstić information content (AvgIpc) is 2.96. The minimum Gasteiger partial charge on any atom is -0.460 e. The van der Waals surface area contributed by atoms with Crippen LogP contribution >= 0.6 is 0 Å². The smallest absolute Gasteiger partial charge is 0.408 e. The highest BCUT2D eigenvalue weighted by molar-refractivity contribution is 5.93. The van der Waals surface area contributed by atoms with Gasteiger partial charge in [0.25, 0.3) is 0 Å². The Morgan fingerprint density at radius 1 is 0.660 bits per heavy atom. The van der Waals surface area contributed by atoms with Gasteiger partial charge >= 0.3 is 18.0 Å². The van der Waals surface area contributed by atoms with Crippen LogP contribution in [0.15, 0.2) is 60.7 Å². The third kappa shape index (κ3) is 16.1. The summed E-state index contributed by atoms with van der Waals surface area (Å²) in [5, 5.41) is 8.10. The van der Waals surface area contributed by atoms with Gasteiger partial charge in [-0.25, -0.2) is 9.59 Å². The van der Waals surface area contributed by atoms with Crippen LogP contribution in [0.1, 0.15) is 85.8 Å². The molecule has 2 rings (SSSR count). The molecule has 47 heavy (non-hydrogen) atoms. The molecule has 0 spiro atoms. The first-order valence-corrected chi connectivity index (χ1v) is 16.0. The second-order valence-corrected chi connectivity index (χ2v) is 13.9. The van der Waals surface area contributed by atoms with Gasteiger partial charge in [-0.3, -0.25) is 14.4 Å². The fraction of sp³-hybridized carbons (Fsp3) is 0.528. The predicted octanol–water partition coefficient (Wildman–Crippen LogP) is 5.00. The molecule has 2 aromatic rings. The maximum absolute atomic E-state index is 13.7. The van der Waals surface area contributed by atoms with E-state index in [9.17, 15) is 24.0 Å². The average molecular weight is 654 g/mol. The molecule has 2 aromatic carbocycles. The van der Waals surface area contributed by atoms with Crippen molar-refractivity contribution in [3.8, 4) is 0 Å². The summed E-state index contributed by atoms with van der Waals surface area (Å²) in [7, 11) is 0. The van der Waals surface area contributed by atoms with E-state index in [2.05, 4.69) is 16.0 Å². The Morgan fingerprint density at radius 3 is 1.70 bits per heavy atom. The molecular formula is C36H51N3O8. The van der Waals surface area contributed by atoms with E-state index in [0.717, 1.165) is 11.1 Å². The molecular weight excluding hydrogens is 602 g/mol. The monoisotopic (exact) mass is 653 g/mol. The molecule has 0 aliphatic heterocycles. The number of carbonyl (C=O) groups excluding carboxylic acids is 5. The Hall–Kier alpha value is -4.41. The van der Waals surface area contributed by atoms with Crippen LogP contribution in [0.4, 0.5) is 4.79 Å². The molecule has 0 saturated heterocycles. The number of ether oxygens (including phenoxy) is 3. The Labute approximate surface area is 278 Å². The maximum atomic E-state index is 13.7. The van der Waals surface area contributed by atoms with E-state index in [1.165, 1.54) is 0 Å². The normalized spacial score (nSPS) is 13.5. The van der Waals surface area contributed by atoms with Crippen LogP contribution in [-0.4, -0.2) is 59.2 Å². The number of amides is 3. The van der Waals surface area contributed by atoms with Crippen LogP contribution in [0.2, 0.25) is 0 Å². The molecule has 0 aliphatic carbocycles. The fourth-order valence-corrected chi connectivity index (χ4v) is 4.49. The summed E-state index contributed by atoms with van der Waals surface area (Å²) in [5.74, 6) is -2.50. The van der Waals surface area contributed by atoms with E-state index in [1.54, 1.807) is 41.5 Å². The molecule has 0 heterocycles.